The number of aromatic nitrogens is 1. The molecule has 1 heterocycles. The van der Waals surface area contributed by atoms with Crippen LogP contribution in [0.4, 0.5) is 0 Å². The number of pyridine rings is 1. The fraction of sp³-hybridized carbons (Fsp3) is 0.294. The molecule has 1 aliphatic carbocycles. The third kappa shape index (κ3) is 2.72. The number of hydrogen-bond donors (Lipinski definition) is 0. The predicted molar refractivity (Wildman–Crippen MR) is 75.9 cm³/mol. The summed E-state index contributed by atoms with van der Waals surface area (Å²) in [6.07, 6.45) is 3.69. The lowest BCUT2D eigenvalue weighted by Gasteiger charge is -2.34. The molecule has 1 saturated carbocycles. The van der Waals surface area contributed by atoms with Gasteiger partial charge in [0.1, 0.15) is 6.61 Å². The van der Waals surface area contributed by atoms with Crippen molar-refractivity contribution in [1.29, 1.82) is 0 Å². The van der Waals surface area contributed by atoms with Crippen molar-refractivity contribution in [3.8, 4) is 0 Å². The minimum atomic E-state index is -0.101. The van der Waals surface area contributed by atoms with Crippen LogP contribution in [-0.2, 0) is 16.1 Å². The molecule has 0 N–H and O–H groups in total. The van der Waals surface area contributed by atoms with Crippen molar-refractivity contribution in [2.45, 2.75) is 25.4 Å². The molecule has 1 aliphatic rings. The standard InChI is InChI=1S/C17H17NO2/c19-17(20-12-13-6-2-1-3-7-13)15-10-9-14(15)16-8-4-5-11-18-16/h1-8,11,14-15H,9-10,12H2/t14-,15-/m0/s1. The van der Waals surface area contributed by atoms with Crippen LogP contribution in [0, 0.1) is 5.92 Å². The van der Waals surface area contributed by atoms with Gasteiger partial charge in [-0.15, -0.1) is 0 Å². The van der Waals surface area contributed by atoms with Crippen molar-refractivity contribution in [2.75, 3.05) is 0 Å². The first-order valence-corrected chi connectivity index (χ1v) is 6.96. The van der Waals surface area contributed by atoms with E-state index in [2.05, 4.69) is 4.98 Å². The van der Waals surface area contributed by atoms with Crippen LogP contribution >= 0.6 is 0 Å². The molecule has 0 saturated heterocycles. The summed E-state index contributed by atoms with van der Waals surface area (Å²) in [6, 6.07) is 15.6. The molecule has 20 heavy (non-hydrogen) atoms. The number of nitrogens with zero attached hydrogens (tertiary/aromatic N) is 1. The minimum Gasteiger partial charge on any atom is -0.461 e. The molecule has 1 fully saturated rings. The Morgan fingerprint density at radius 3 is 2.55 bits per heavy atom. The monoisotopic (exact) mass is 267 g/mol. The molecule has 3 heteroatoms. The average molecular weight is 267 g/mol. The topological polar surface area (TPSA) is 39.2 Å². The van der Waals surface area contributed by atoms with Gasteiger partial charge in [-0.05, 0) is 30.5 Å². The third-order valence-electron chi connectivity index (χ3n) is 3.87. The zero-order valence-corrected chi connectivity index (χ0v) is 11.2. The molecule has 0 spiro atoms. The quantitative estimate of drug-likeness (QED) is 0.798. The summed E-state index contributed by atoms with van der Waals surface area (Å²) in [5, 5.41) is 0. The van der Waals surface area contributed by atoms with Crippen molar-refractivity contribution >= 4 is 5.97 Å². The highest BCUT2D eigenvalue weighted by atomic mass is 16.5. The smallest absolute Gasteiger partial charge is 0.309 e. The highest BCUT2D eigenvalue weighted by Crippen LogP contribution is 2.42. The van der Waals surface area contributed by atoms with E-state index in [4.69, 9.17) is 4.74 Å². The van der Waals surface area contributed by atoms with Crippen LogP contribution in [-0.4, -0.2) is 11.0 Å². The Bertz CT molecular complexity index is 568. The molecule has 102 valence electrons. The first-order chi connectivity index (χ1) is 9.84. The van der Waals surface area contributed by atoms with Crippen molar-refractivity contribution in [3.63, 3.8) is 0 Å². The maximum absolute atomic E-state index is 12.1. The van der Waals surface area contributed by atoms with Crippen LogP contribution in [0.15, 0.2) is 54.7 Å². The summed E-state index contributed by atoms with van der Waals surface area (Å²) in [7, 11) is 0. The SMILES string of the molecule is O=C(OCc1ccccc1)[C@H]1CC[C@@H]1c1ccccn1. The first-order valence-electron chi connectivity index (χ1n) is 6.96. The van der Waals surface area contributed by atoms with Crippen molar-refractivity contribution in [3.05, 3.63) is 66.0 Å². The number of esters is 1. The van der Waals surface area contributed by atoms with E-state index in [1.54, 1.807) is 6.20 Å². The van der Waals surface area contributed by atoms with Crippen LogP contribution in [0.3, 0.4) is 0 Å². The Balaban J connectivity index is 1.58. The molecule has 1 aromatic heterocycles. The van der Waals surface area contributed by atoms with Gasteiger partial charge in [0.05, 0.1) is 5.92 Å². The van der Waals surface area contributed by atoms with Crippen LogP contribution in [0.1, 0.15) is 30.0 Å². The predicted octanol–water partition coefficient (Wildman–Crippen LogP) is 3.32. The molecular formula is C17H17NO2. The number of carbonyl (C=O) groups excluding carboxylic acids is 1. The van der Waals surface area contributed by atoms with Crippen LogP contribution < -0.4 is 0 Å². The highest BCUT2D eigenvalue weighted by molar-refractivity contribution is 5.74. The van der Waals surface area contributed by atoms with E-state index in [1.807, 2.05) is 48.5 Å². The summed E-state index contributed by atoms with van der Waals surface area (Å²) in [4.78, 5) is 16.5. The maximum Gasteiger partial charge on any atom is 0.309 e. The van der Waals surface area contributed by atoms with Crippen LogP contribution in [0.5, 0.6) is 0 Å². The molecule has 0 amide bonds. The second-order valence-corrected chi connectivity index (χ2v) is 5.14. The van der Waals surface area contributed by atoms with Gasteiger partial charge in [0, 0.05) is 17.8 Å². The summed E-state index contributed by atoms with van der Waals surface area (Å²) < 4.78 is 5.42. The fourth-order valence-corrected chi connectivity index (χ4v) is 2.57. The Labute approximate surface area is 118 Å². The Kier molecular flexibility index (Phi) is 3.77. The van der Waals surface area contributed by atoms with Gasteiger partial charge in [0.2, 0.25) is 0 Å². The number of ether oxygens (including phenoxy) is 1. The first kappa shape index (κ1) is 12.9. The zero-order chi connectivity index (χ0) is 13.8. The normalized spacial score (nSPS) is 21.0. The molecule has 3 rings (SSSR count). The van der Waals surface area contributed by atoms with Gasteiger partial charge in [-0.25, -0.2) is 0 Å². The van der Waals surface area contributed by atoms with E-state index in [9.17, 15) is 4.79 Å². The molecule has 3 nitrogen and oxygen atoms in total. The Morgan fingerprint density at radius 2 is 1.90 bits per heavy atom. The number of rotatable bonds is 4. The van der Waals surface area contributed by atoms with E-state index < -0.39 is 0 Å². The minimum absolute atomic E-state index is 0.0337. The van der Waals surface area contributed by atoms with E-state index in [1.165, 1.54) is 0 Å². The summed E-state index contributed by atoms with van der Waals surface area (Å²) in [5.74, 6) is 0.0869. The zero-order valence-electron chi connectivity index (χ0n) is 11.2. The van der Waals surface area contributed by atoms with Crippen LogP contribution in [0.25, 0.3) is 0 Å². The van der Waals surface area contributed by atoms with Crippen molar-refractivity contribution < 1.29 is 9.53 Å². The Morgan fingerprint density at radius 1 is 1.10 bits per heavy atom. The van der Waals surface area contributed by atoms with Crippen LogP contribution in [0.2, 0.25) is 0 Å². The molecule has 0 radical (unpaired) electrons. The fourth-order valence-electron chi connectivity index (χ4n) is 2.57. The van der Waals surface area contributed by atoms with Gasteiger partial charge in [-0.1, -0.05) is 36.4 Å². The lowest BCUT2D eigenvalue weighted by Crippen LogP contribution is -2.33. The van der Waals surface area contributed by atoms with E-state index in [-0.39, 0.29) is 17.8 Å². The molecule has 0 bridgehead atoms. The van der Waals surface area contributed by atoms with E-state index >= 15 is 0 Å². The third-order valence-corrected chi connectivity index (χ3v) is 3.87. The second kappa shape index (κ2) is 5.87. The average Bonchev–Trinajstić information content (AvgIpc) is 2.46. The van der Waals surface area contributed by atoms with Gasteiger partial charge in [-0.2, -0.15) is 0 Å². The molecule has 0 aliphatic heterocycles. The largest absolute Gasteiger partial charge is 0.461 e. The van der Waals surface area contributed by atoms with Crippen molar-refractivity contribution in [1.82, 2.24) is 4.98 Å². The van der Waals surface area contributed by atoms with Crippen molar-refractivity contribution in [2.24, 2.45) is 5.92 Å². The maximum atomic E-state index is 12.1. The van der Waals surface area contributed by atoms with Gasteiger partial charge in [0.15, 0.2) is 0 Å². The van der Waals surface area contributed by atoms with Gasteiger partial charge >= 0.3 is 5.97 Å². The molecule has 2 atom stereocenters. The number of hydrogen-bond acceptors (Lipinski definition) is 3. The lowest BCUT2D eigenvalue weighted by molar-refractivity contribution is -0.154. The highest BCUT2D eigenvalue weighted by Gasteiger charge is 2.39. The number of carbonyl (C=O) groups is 1. The van der Waals surface area contributed by atoms with Gasteiger partial charge in [0.25, 0.3) is 0 Å². The molecule has 2 aromatic rings. The summed E-state index contributed by atoms with van der Waals surface area (Å²) in [6.45, 7) is 0.352. The van der Waals surface area contributed by atoms with Gasteiger partial charge < -0.3 is 4.74 Å². The summed E-state index contributed by atoms with van der Waals surface area (Å²) >= 11 is 0. The lowest BCUT2D eigenvalue weighted by atomic mass is 9.72. The summed E-state index contributed by atoms with van der Waals surface area (Å²) in [5.41, 5.74) is 2.02. The Hall–Kier alpha value is -2.16. The van der Waals surface area contributed by atoms with Gasteiger partial charge in [-0.3, -0.25) is 9.78 Å². The van der Waals surface area contributed by atoms with E-state index in [0.29, 0.717) is 6.61 Å². The molecule has 0 unspecified atom stereocenters. The molecule has 1 aromatic carbocycles. The second-order valence-electron chi connectivity index (χ2n) is 5.14. The molecular weight excluding hydrogens is 250 g/mol. The number of benzene rings is 1. The van der Waals surface area contributed by atoms with E-state index in [0.717, 1.165) is 24.1 Å².